The van der Waals surface area contributed by atoms with Gasteiger partial charge in [-0.1, -0.05) is 16.0 Å². The fourth-order valence-electron chi connectivity index (χ4n) is 1.52. The lowest BCUT2D eigenvalue weighted by atomic mass is 10.3. The molecule has 0 radical (unpaired) electrons. The minimum atomic E-state index is -5.43. The molecule has 1 aliphatic heterocycles. The molecule has 0 aliphatic carbocycles. The zero-order valence-corrected chi connectivity index (χ0v) is 11.7. The minimum Gasteiger partial charge on any atom is -0.763 e. The van der Waals surface area contributed by atoms with Crippen LogP contribution in [0.2, 0.25) is 0 Å². The second-order valence-corrected chi connectivity index (χ2v) is 5.49. The van der Waals surface area contributed by atoms with E-state index < -0.39 is 61.5 Å². The molecule has 1 heterocycles. The minimum absolute atomic E-state index is 0.503. The van der Waals surface area contributed by atoms with Crippen LogP contribution >= 0.6 is 0 Å². The van der Waals surface area contributed by atoms with Gasteiger partial charge in [-0.15, -0.1) is 0 Å². The van der Waals surface area contributed by atoms with Crippen molar-refractivity contribution in [1.82, 2.24) is 5.32 Å². The number of hydrogen-bond donors (Lipinski definition) is 1. The number of halogens is 5. The second-order valence-electron chi connectivity index (χ2n) is 3.95. The molecule has 0 amide bonds. The van der Waals surface area contributed by atoms with Gasteiger partial charge in [-0.25, -0.2) is 22.0 Å². The van der Waals surface area contributed by atoms with Crippen molar-refractivity contribution < 1.29 is 30.4 Å². The lowest BCUT2D eigenvalue weighted by Crippen LogP contribution is -2.19. The van der Waals surface area contributed by atoms with Crippen molar-refractivity contribution >= 4 is 27.7 Å². The van der Waals surface area contributed by atoms with Crippen LogP contribution in [0.4, 0.5) is 22.0 Å². The van der Waals surface area contributed by atoms with Crippen molar-refractivity contribution in [1.29, 1.82) is 0 Å². The quantitative estimate of drug-likeness (QED) is 0.284. The van der Waals surface area contributed by atoms with Crippen LogP contribution in [0.5, 0.6) is 0 Å². The van der Waals surface area contributed by atoms with Crippen LogP contribution < -0.4 is 5.32 Å². The number of hydrogen-bond acceptors (Lipinski definition) is 2. The first-order chi connectivity index (χ1) is 11.1. The molecule has 0 unspecified atom stereocenters. The number of amidine groups is 1. The van der Waals surface area contributed by atoms with E-state index in [1.54, 1.807) is 0 Å². The van der Waals surface area contributed by atoms with Crippen molar-refractivity contribution in [3.63, 3.8) is 0 Å². The summed E-state index contributed by atoms with van der Waals surface area (Å²) in [4.78, 5) is 3.82. The van der Waals surface area contributed by atoms with E-state index in [1.807, 2.05) is 5.32 Å². The predicted molar refractivity (Wildman–Crippen MR) is 69.9 cm³/mol. The molecule has 7 nitrogen and oxygen atoms in total. The van der Waals surface area contributed by atoms with Gasteiger partial charge in [0.2, 0.25) is 5.82 Å². The molecule has 0 saturated carbocycles. The Labute approximate surface area is 130 Å². The van der Waals surface area contributed by atoms with Gasteiger partial charge in [0, 0.05) is 0 Å². The van der Waals surface area contributed by atoms with Crippen molar-refractivity contribution in [2.45, 2.75) is 4.90 Å². The van der Waals surface area contributed by atoms with Crippen LogP contribution in [0.1, 0.15) is 0 Å². The fraction of sp³-hybridized carbons (Fsp3) is 0. The van der Waals surface area contributed by atoms with E-state index in [9.17, 15) is 30.4 Å². The molecule has 0 spiro atoms. The molecule has 124 valence electrons. The molecule has 0 fully saturated rings. The first-order valence-electron chi connectivity index (χ1n) is 5.51. The largest absolute Gasteiger partial charge is 0.763 e. The number of rotatable bonds is 2. The van der Waals surface area contributed by atoms with Gasteiger partial charge in [0.1, 0.15) is 0 Å². The molecule has 2 rings (SSSR count). The monoisotopic (exact) mass is 362 g/mol. The number of aliphatic imine (C=N–C) groups is 1. The summed E-state index contributed by atoms with van der Waals surface area (Å²) in [5.74, 6) is -12.8. The molecule has 0 atom stereocenters. The Morgan fingerprint density at radius 2 is 1.58 bits per heavy atom. The predicted octanol–water partition coefficient (Wildman–Crippen LogP) is 1.47. The molecular weight excluding hydrogens is 361 g/mol. The summed E-state index contributed by atoms with van der Waals surface area (Å²) in [6, 6.07) is 0. The zero-order chi connectivity index (χ0) is 18.2. The van der Waals surface area contributed by atoms with E-state index in [4.69, 9.17) is 12.0 Å². The summed E-state index contributed by atoms with van der Waals surface area (Å²) >= 11 is 0. The fourth-order valence-corrected chi connectivity index (χ4v) is 2.56. The smallest absolute Gasteiger partial charge is 0.334 e. The van der Waals surface area contributed by atoms with Gasteiger partial charge in [0.15, 0.2) is 28.2 Å². The van der Waals surface area contributed by atoms with Gasteiger partial charge in [0.05, 0.1) is 5.70 Å². The third-order valence-corrected chi connectivity index (χ3v) is 3.81. The average Bonchev–Trinajstić information content (AvgIpc) is 2.92. The lowest BCUT2D eigenvalue weighted by Gasteiger charge is -2.06. The molecule has 24 heavy (non-hydrogen) atoms. The normalized spacial score (nSPS) is 15.8. The number of benzene rings is 1. The number of nitrogens with one attached hydrogen (secondary N) is 1. The van der Waals surface area contributed by atoms with Crippen molar-refractivity contribution in [2.75, 3.05) is 0 Å². The third-order valence-electron chi connectivity index (χ3n) is 2.52. The highest BCUT2D eigenvalue weighted by molar-refractivity contribution is 7.90. The van der Waals surface area contributed by atoms with Crippen LogP contribution in [0.25, 0.3) is 10.3 Å². The Morgan fingerprint density at radius 1 is 1.08 bits per heavy atom. The Hall–Kier alpha value is -3.10. The Morgan fingerprint density at radius 3 is 2.00 bits per heavy atom. The highest BCUT2D eigenvalue weighted by Gasteiger charge is 2.35. The van der Waals surface area contributed by atoms with Gasteiger partial charge in [-0.05, 0) is 0 Å². The van der Waals surface area contributed by atoms with Gasteiger partial charge in [-0.3, -0.25) is 5.87 Å². The molecular formula is C11HF5N5O2S-. The summed E-state index contributed by atoms with van der Waals surface area (Å²) in [6.07, 6.45) is 0. The summed E-state index contributed by atoms with van der Waals surface area (Å²) < 4.78 is 92.5. The van der Waals surface area contributed by atoms with Gasteiger partial charge in [0.25, 0.3) is 10.0 Å². The van der Waals surface area contributed by atoms with Crippen molar-refractivity contribution in [3.8, 4) is 0 Å². The summed E-state index contributed by atoms with van der Waals surface area (Å²) in [5, 5.41) is 10.6. The Balaban J connectivity index is 2.68. The van der Waals surface area contributed by atoms with E-state index in [-0.39, 0.29) is 0 Å². The van der Waals surface area contributed by atoms with Crippen LogP contribution in [-0.4, -0.2) is 26.1 Å². The molecule has 1 aromatic carbocycles. The van der Waals surface area contributed by atoms with Crippen molar-refractivity contribution in [3.05, 3.63) is 51.6 Å². The van der Waals surface area contributed by atoms with Gasteiger partial charge in [-0.2, -0.15) is 8.42 Å². The summed E-state index contributed by atoms with van der Waals surface area (Å²) in [7, 11) is -5.43. The molecule has 0 saturated heterocycles. The Bertz CT molecular complexity index is 989. The average molecular weight is 362 g/mol. The summed E-state index contributed by atoms with van der Waals surface area (Å²) in [6.45, 7) is 6.68. The topological polar surface area (TPSA) is 97.5 Å². The molecule has 1 N–H and O–H groups in total. The first-order valence-corrected chi connectivity index (χ1v) is 6.95. The van der Waals surface area contributed by atoms with Gasteiger partial charge >= 0.3 is 11.8 Å². The first kappa shape index (κ1) is 17.3. The molecule has 13 heteroatoms. The van der Waals surface area contributed by atoms with Gasteiger partial charge < -0.3 is 15.6 Å². The van der Waals surface area contributed by atoms with E-state index in [0.717, 1.165) is 0 Å². The standard InChI is InChI=1S/C11HF5N5O2S/c1-18-10-3(2-17)19-11(20-10)21-24(22,23)9-7(15)5(13)4(12)6(14)8(9)16/h(H,19,21)/q-1. The highest BCUT2D eigenvalue weighted by atomic mass is 32.2. The van der Waals surface area contributed by atoms with E-state index in [1.165, 1.54) is 5.87 Å². The highest BCUT2D eigenvalue weighted by Crippen LogP contribution is 2.28. The number of sulfonamides is 1. The maximum absolute atomic E-state index is 13.5. The zero-order valence-electron chi connectivity index (χ0n) is 10.9. The molecule has 0 aromatic heterocycles. The van der Waals surface area contributed by atoms with E-state index in [2.05, 4.69) is 14.2 Å². The van der Waals surface area contributed by atoms with E-state index in [0.29, 0.717) is 0 Å². The van der Waals surface area contributed by atoms with Crippen LogP contribution in [0.15, 0.2) is 20.0 Å². The SMILES string of the molecule is [C-]#[N+]C1=N/C(=N\S(=O)(=O)c2c(F)c(F)c(F)c(F)c2F)NC1=C=[N-]. The summed E-state index contributed by atoms with van der Waals surface area (Å²) in [5.41, 5.74) is -0.503. The van der Waals surface area contributed by atoms with Crippen LogP contribution in [-0.2, 0) is 10.0 Å². The lowest BCUT2D eigenvalue weighted by molar-refractivity contribution is 0.358. The third kappa shape index (κ3) is 2.64. The number of nitrogens with zero attached hydrogens (tertiary/aromatic N) is 4. The number of guanidine groups is 1. The van der Waals surface area contributed by atoms with Crippen LogP contribution in [0, 0.1) is 35.7 Å². The van der Waals surface area contributed by atoms with Crippen LogP contribution in [0.3, 0.4) is 0 Å². The second kappa shape index (κ2) is 5.84. The molecule has 1 aromatic rings. The maximum atomic E-state index is 13.5. The Kier molecular flexibility index (Phi) is 4.20. The van der Waals surface area contributed by atoms with Crippen molar-refractivity contribution in [2.24, 2.45) is 9.39 Å². The van der Waals surface area contributed by atoms with E-state index >= 15 is 0 Å². The maximum Gasteiger partial charge on any atom is 0.334 e. The molecule has 1 aliphatic rings. The molecule has 0 bridgehead atoms.